The van der Waals surface area contributed by atoms with E-state index in [9.17, 15) is 9.59 Å². The van der Waals surface area contributed by atoms with Gasteiger partial charge in [0.05, 0.1) is 6.10 Å². The molecule has 0 aromatic carbocycles. The Kier molecular flexibility index (Phi) is 5.96. The molecule has 0 spiro atoms. The monoisotopic (exact) mass is 355 g/mol. The molecule has 0 unspecified atom stereocenters. The molecule has 1 amide bonds. The van der Waals surface area contributed by atoms with Crippen molar-refractivity contribution in [2.24, 2.45) is 5.92 Å². The Balaban J connectivity index is 1.54. The molecule has 0 saturated carbocycles. The lowest BCUT2D eigenvalue weighted by atomic mass is 9.87. The molecule has 142 valence electrons. The van der Waals surface area contributed by atoms with Crippen LogP contribution in [0.15, 0.2) is 0 Å². The second kappa shape index (κ2) is 8.01. The van der Waals surface area contributed by atoms with Crippen LogP contribution in [0.1, 0.15) is 45.4 Å². The molecule has 0 aromatic rings. The lowest BCUT2D eigenvalue weighted by molar-refractivity contribution is -0.172. The SMILES string of the molecule is CCOC1(C(=O)N2CCC([C@@H]3CC[C@H](C(=O)O)O3)CC2)CCOCC1. The summed E-state index contributed by atoms with van der Waals surface area (Å²) in [5.41, 5.74) is -0.724. The van der Waals surface area contributed by atoms with Crippen molar-refractivity contribution >= 4 is 11.9 Å². The molecule has 3 aliphatic heterocycles. The number of rotatable bonds is 5. The molecule has 25 heavy (non-hydrogen) atoms. The molecule has 0 aliphatic carbocycles. The molecule has 3 fully saturated rings. The summed E-state index contributed by atoms with van der Waals surface area (Å²) in [5, 5.41) is 9.07. The standard InChI is InChI=1S/C18H29NO6/c1-2-24-18(7-11-23-12-8-18)17(22)19-9-5-13(6-10-19)14-3-4-15(25-14)16(20)21/h13-15H,2-12H2,1H3,(H,20,21)/t14-,15+/m0/s1. The van der Waals surface area contributed by atoms with E-state index in [1.165, 1.54) is 0 Å². The van der Waals surface area contributed by atoms with Gasteiger partial charge in [-0.1, -0.05) is 0 Å². The Morgan fingerprint density at radius 3 is 2.40 bits per heavy atom. The fourth-order valence-corrected chi connectivity index (χ4v) is 4.35. The number of carbonyl (C=O) groups excluding carboxylic acids is 1. The summed E-state index contributed by atoms with van der Waals surface area (Å²) in [7, 11) is 0. The van der Waals surface area contributed by atoms with Gasteiger partial charge >= 0.3 is 5.97 Å². The van der Waals surface area contributed by atoms with Gasteiger partial charge in [0.1, 0.15) is 0 Å². The van der Waals surface area contributed by atoms with Crippen molar-refractivity contribution in [3.63, 3.8) is 0 Å². The van der Waals surface area contributed by atoms with E-state index in [0.29, 0.717) is 58.1 Å². The minimum Gasteiger partial charge on any atom is -0.479 e. The van der Waals surface area contributed by atoms with E-state index in [1.54, 1.807) is 0 Å². The molecule has 0 bridgehead atoms. The molecule has 0 radical (unpaired) electrons. The number of carboxylic acids is 1. The fourth-order valence-electron chi connectivity index (χ4n) is 4.35. The fraction of sp³-hybridized carbons (Fsp3) is 0.889. The van der Waals surface area contributed by atoms with Gasteiger partial charge in [-0.15, -0.1) is 0 Å². The van der Waals surface area contributed by atoms with E-state index >= 15 is 0 Å². The van der Waals surface area contributed by atoms with Crippen molar-refractivity contribution < 1.29 is 28.9 Å². The van der Waals surface area contributed by atoms with Gasteiger partial charge in [-0.25, -0.2) is 4.79 Å². The van der Waals surface area contributed by atoms with Crippen LogP contribution in [0.2, 0.25) is 0 Å². The van der Waals surface area contributed by atoms with Crippen LogP contribution in [-0.4, -0.2) is 72.6 Å². The number of ether oxygens (including phenoxy) is 3. The van der Waals surface area contributed by atoms with Gasteiger partial charge in [0.2, 0.25) is 0 Å². The third-order valence-electron chi connectivity index (χ3n) is 5.79. The minimum atomic E-state index is -0.867. The highest BCUT2D eigenvalue weighted by atomic mass is 16.5. The smallest absolute Gasteiger partial charge is 0.332 e. The molecule has 7 nitrogen and oxygen atoms in total. The number of carbonyl (C=O) groups is 2. The normalized spacial score (nSPS) is 30.4. The summed E-state index contributed by atoms with van der Waals surface area (Å²) >= 11 is 0. The predicted octanol–water partition coefficient (Wildman–Crippen LogP) is 1.44. The van der Waals surface area contributed by atoms with Crippen molar-refractivity contribution in [3.8, 4) is 0 Å². The van der Waals surface area contributed by atoms with E-state index in [4.69, 9.17) is 19.3 Å². The number of amides is 1. The van der Waals surface area contributed by atoms with Gasteiger partial charge in [0, 0.05) is 45.8 Å². The van der Waals surface area contributed by atoms with Crippen molar-refractivity contribution in [2.75, 3.05) is 32.9 Å². The van der Waals surface area contributed by atoms with Gasteiger partial charge in [0.25, 0.3) is 5.91 Å². The molecule has 3 aliphatic rings. The van der Waals surface area contributed by atoms with Crippen LogP contribution >= 0.6 is 0 Å². The van der Waals surface area contributed by atoms with Crippen LogP contribution in [0.3, 0.4) is 0 Å². The number of aliphatic carboxylic acids is 1. The summed E-state index contributed by atoms with van der Waals surface area (Å²) in [6, 6.07) is 0. The zero-order valence-corrected chi connectivity index (χ0v) is 14.9. The van der Waals surface area contributed by atoms with Crippen LogP contribution in [0, 0.1) is 5.92 Å². The first-order valence-electron chi connectivity index (χ1n) is 9.45. The lowest BCUT2D eigenvalue weighted by Gasteiger charge is -2.42. The molecule has 1 N–H and O–H groups in total. The molecule has 7 heteroatoms. The number of hydrogen-bond acceptors (Lipinski definition) is 5. The van der Waals surface area contributed by atoms with Crippen molar-refractivity contribution in [1.29, 1.82) is 0 Å². The molecule has 0 aromatic heterocycles. The van der Waals surface area contributed by atoms with Crippen LogP contribution in [0.5, 0.6) is 0 Å². The number of piperidine rings is 1. The largest absolute Gasteiger partial charge is 0.479 e. The number of hydrogen-bond donors (Lipinski definition) is 1. The summed E-state index contributed by atoms with van der Waals surface area (Å²) in [5.74, 6) is -0.439. The maximum absolute atomic E-state index is 13.1. The topological polar surface area (TPSA) is 85.3 Å². The molecule has 3 rings (SSSR count). The quantitative estimate of drug-likeness (QED) is 0.803. The van der Waals surface area contributed by atoms with Gasteiger partial charge < -0.3 is 24.2 Å². The zero-order valence-electron chi connectivity index (χ0n) is 14.9. The molecule has 3 saturated heterocycles. The molecular weight excluding hydrogens is 326 g/mol. The van der Waals surface area contributed by atoms with Crippen LogP contribution < -0.4 is 0 Å². The Morgan fingerprint density at radius 1 is 1.16 bits per heavy atom. The minimum absolute atomic E-state index is 0.0160. The van der Waals surface area contributed by atoms with Gasteiger partial charge in [-0.2, -0.15) is 0 Å². The Morgan fingerprint density at radius 2 is 1.84 bits per heavy atom. The van der Waals surface area contributed by atoms with E-state index in [-0.39, 0.29) is 12.0 Å². The van der Waals surface area contributed by atoms with Crippen LogP contribution in [-0.2, 0) is 23.8 Å². The van der Waals surface area contributed by atoms with Gasteiger partial charge in [-0.3, -0.25) is 4.79 Å². The zero-order chi connectivity index (χ0) is 17.9. The average molecular weight is 355 g/mol. The summed E-state index contributed by atoms with van der Waals surface area (Å²) in [6.07, 6.45) is 3.71. The lowest BCUT2D eigenvalue weighted by Crippen LogP contribution is -2.55. The van der Waals surface area contributed by atoms with E-state index in [2.05, 4.69) is 0 Å². The van der Waals surface area contributed by atoms with E-state index in [0.717, 1.165) is 19.3 Å². The van der Waals surface area contributed by atoms with Gasteiger partial charge in [0.15, 0.2) is 11.7 Å². The predicted molar refractivity (Wildman–Crippen MR) is 89.2 cm³/mol. The Hall–Kier alpha value is -1.18. The Bertz CT molecular complexity index is 476. The van der Waals surface area contributed by atoms with Crippen LogP contribution in [0.25, 0.3) is 0 Å². The van der Waals surface area contributed by atoms with E-state index < -0.39 is 17.7 Å². The number of nitrogens with zero attached hydrogens (tertiary/aromatic N) is 1. The molecular formula is C18H29NO6. The first-order valence-corrected chi connectivity index (χ1v) is 9.45. The van der Waals surface area contributed by atoms with Crippen molar-refractivity contribution in [1.82, 2.24) is 4.90 Å². The van der Waals surface area contributed by atoms with Gasteiger partial charge in [-0.05, 0) is 38.5 Å². The number of likely N-dealkylation sites (tertiary alicyclic amines) is 1. The summed E-state index contributed by atoms with van der Waals surface area (Å²) in [6.45, 7) is 4.96. The summed E-state index contributed by atoms with van der Waals surface area (Å²) in [4.78, 5) is 26.0. The second-order valence-corrected chi connectivity index (χ2v) is 7.25. The number of carboxylic acid groups (broad SMARTS) is 1. The van der Waals surface area contributed by atoms with Crippen LogP contribution in [0.4, 0.5) is 0 Å². The summed E-state index contributed by atoms with van der Waals surface area (Å²) < 4.78 is 17.0. The highest BCUT2D eigenvalue weighted by Crippen LogP contribution is 2.34. The highest BCUT2D eigenvalue weighted by Gasteiger charge is 2.45. The van der Waals surface area contributed by atoms with Crippen molar-refractivity contribution in [3.05, 3.63) is 0 Å². The Labute approximate surface area is 148 Å². The average Bonchev–Trinajstić information content (AvgIpc) is 3.13. The third-order valence-corrected chi connectivity index (χ3v) is 5.79. The maximum atomic E-state index is 13.1. The maximum Gasteiger partial charge on any atom is 0.332 e. The van der Waals surface area contributed by atoms with E-state index in [1.807, 2.05) is 11.8 Å². The second-order valence-electron chi connectivity index (χ2n) is 7.25. The molecule has 2 atom stereocenters. The molecule has 3 heterocycles. The highest BCUT2D eigenvalue weighted by molar-refractivity contribution is 5.85. The first-order chi connectivity index (χ1) is 12.1. The first kappa shape index (κ1) is 18.6. The van der Waals surface area contributed by atoms with Crippen molar-refractivity contribution in [2.45, 2.75) is 63.3 Å². The third kappa shape index (κ3) is 3.99.